The van der Waals surface area contributed by atoms with Gasteiger partial charge in [-0.25, -0.2) is 24.1 Å². The van der Waals surface area contributed by atoms with Crippen molar-refractivity contribution in [2.45, 2.75) is 18.8 Å². The molecule has 1 aliphatic rings. The zero-order valence-electron chi connectivity index (χ0n) is 17.0. The van der Waals surface area contributed by atoms with Crippen LogP contribution in [0.25, 0.3) is 21.8 Å². The maximum absolute atomic E-state index is 15.5. The molecule has 1 atom stereocenters. The van der Waals surface area contributed by atoms with E-state index in [0.29, 0.717) is 22.9 Å². The van der Waals surface area contributed by atoms with E-state index in [1.54, 1.807) is 24.4 Å². The lowest BCUT2D eigenvalue weighted by Crippen LogP contribution is -2.15. The molecular formula is C22H20ClFN4O3S. The number of nitrogens with zero attached hydrogens (tertiary/aromatic N) is 3. The van der Waals surface area contributed by atoms with Gasteiger partial charge in [0.25, 0.3) is 0 Å². The van der Waals surface area contributed by atoms with Gasteiger partial charge in [0.15, 0.2) is 5.82 Å². The average Bonchev–Trinajstić information content (AvgIpc) is 3.25. The van der Waals surface area contributed by atoms with Crippen molar-refractivity contribution in [3.05, 3.63) is 59.2 Å². The Kier molecular flexibility index (Phi) is 7.09. The van der Waals surface area contributed by atoms with E-state index >= 15 is 4.39 Å². The van der Waals surface area contributed by atoms with E-state index in [1.165, 1.54) is 23.5 Å². The Morgan fingerprint density at radius 2 is 2.28 bits per heavy atom. The first-order valence-electron chi connectivity index (χ1n) is 9.97. The number of aromatic nitrogens is 3. The molecule has 1 N–H and O–H groups in total. The highest BCUT2D eigenvalue weighted by Crippen LogP contribution is 2.42. The van der Waals surface area contributed by atoms with Crippen LogP contribution in [-0.2, 0) is 9.47 Å². The minimum atomic E-state index is -0.776. The molecule has 0 bridgehead atoms. The molecule has 2 aromatic heterocycles. The summed E-state index contributed by atoms with van der Waals surface area (Å²) in [4.78, 5) is 25.6. The van der Waals surface area contributed by atoms with Gasteiger partial charge in [0.1, 0.15) is 6.61 Å². The highest BCUT2D eigenvalue weighted by Gasteiger charge is 2.26. The summed E-state index contributed by atoms with van der Waals surface area (Å²) in [5.41, 5.74) is 1.18. The Morgan fingerprint density at radius 1 is 1.41 bits per heavy atom. The van der Waals surface area contributed by atoms with Crippen LogP contribution in [0.1, 0.15) is 23.8 Å². The Labute approximate surface area is 193 Å². The molecule has 1 aromatic carbocycles. The second kappa shape index (κ2) is 10.2. The fourth-order valence-electron chi connectivity index (χ4n) is 3.36. The van der Waals surface area contributed by atoms with Crippen LogP contribution < -0.4 is 5.32 Å². The molecule has 0 spiro atoms. The second-order valence-corrected chi connectivity index (χ2v) is 8.40. The first kappa shape index (κ1) is 22.3. The molecule has 166 valence electrons. The van der Waals surface area contributed by atoms with Crippen molar-refractivity contribution >= 4 is 34.7 Å². The molecular weight excluding hydrogens is 455 g/mol. The molecule has 4 rings (SSSR count). The van der Waals surface area contributed by atoms with Crippen molar-refractivity contribution in [1.29, 1.82) is 0 Å². The van der Waals surface area contributed by atoms with Gasteiger partial charge in [-0.05, 0) is 42.6 Å². The van der Waals surface area contributed by atoms with Crippen molar-refractivity contribution < 1.29 is 18.7 Å². The monoisotopic (exact) mass is 474 g/mol. The first-order valence-corrected chi connectivity index (χ1v) is 11.2. The molecule has 32 heavy (non-hydrogen) atoms. The van der Waals surface area contributed by atoms with E-state index in [9.17, 15) is 4.79 Å². The van der Waals surface area contributed by atoms with E-state index < -0.39 is 11.9 Å². The third-order valence-electron chi connectivity index (χ3n) is 4.83. The van der Waals surface area contributed by atoms with Gasteiger partial charge in [-0.2, -0.15) is 0 Å². The highest BCUT2D eigenvalue weighted by molar-refractivity contribution is 7.15. The number of anilines is 1. The number of carbonyl (C=O) groups is 1. The van der Waals surface area contributed by atoms with E-state index in [0.717, 1.165) is 24.5 Å². The molecule has 0 radical (unpaired) electrons. The molecule has 1 fully saturated rings. The lowest BCUT2D eigenvalue weighted by atomic mass is 10.0. The number of thiazole rings is 1. The van der Waals surface area contributed by atoms with Crippen molar-refractivity contribution in [3.8, 4) is 21.8 Å². The van der Waals surface area contributed by atoms with Crippen LogP contribution in [0, 0.1) is 5.82 Å². The molecule has 0 saturated carbocycles. The first-order chi connectivity index (χ1) is 15.6. The van der Waals surface area contributed by atoms with E-state index in [2.05, 4.69) is 21.9 Å². The van der Waals surface area contributed by atoms with Crippen LogP contribution in [0.4, 0.5) is 14.9 Å². The fraction of sp³-hybridized carbons (Fsp3) is 0.273. The van der Waals surface area contributed by atoms with Crippen LogP contribution in [-0.4, -0.2) is 40.9 Å². The number of amides is 1. The van der Waals surface area contributed by atoms with Crippen LogP contribution in [0.15, 0.2) is 43.1 Å². The molecule has 3 heterocycles. The Morgan fingerprint density at radius 3 is 3.03 bits per heavy atom. The van der Waals surface area contributed by atoms with Gasteiger partial charge in [0.2, 0.25) is 5.28 Å². The van der Waals surface area contributed by atoms with Crippen LogP contribution in [0.3, 0.4) is 0 Å². The van der Waals surface area contributed by atoms with Crippen molar-refractivity contribution in [2.75, 3.05) is 25.1 Å². The van der Waals surface area contributed by atoms with E-state index in [4.69, 9.17) is 26.1 Å². The van der Waals surface area contributed by atoms with Gasteiger partial charge in [-0.15, -0.1) is 11.3 Å². The molecule has 1 aliphatic heterocycles. The van der Waals surface area contributed by atoms with Gasteiger partial charge in [-0.3, -0.25) is 5.32 Å². The summed E-state index contributed by atoms with van der Waals surface area (Å²) in [5, 5.41) is 3.35. The van der Waals surface area contributed by atoms with Gasteiger partial charge in [-0.1, -0.05) is 18.7 Å². The Bertz CT molecular complexity index is 1130. The van der Waals surface area contributed by atoms with Gasteiger partial charge >= 0.3 is 6.09 Å². The summed E-state index contributed by atoms with van der Waals surface area (Å²) in [7, 11) is 0. The largest absolute Gasteiger partial charge is 0.445 e. The average molecular weight is 475 g/mol. The van der Waals surface area contributed by atoms with Gasteiger partial charge < -0.3 is 9.47 Å². The minimum Gasteiger partial charge on any atom is -0.445 e. The number of hydrogen-bond donors (Lipinski definition) is 1. The Balaban J connectivity index is 1.76. The zero-order chi connectivity index (χ0) is 22.5. The van der Waals surface area contributed by atoms with Crippen molar-refractivity contribution in [1.82, 2.24) is 15.0 Å². The number of rotatable bonds is 6. The number of halogens is 2. The number of carbonyl (C=O) groups excluding carboxylic acids is 1. The molecule has 10 heteroatoms. The lowest BCUT2D eigenvalue weighted by molar-refractivity contribution is 0.0804. The van der Waals surface area contributed by atoms with Crippen molar-refractivity contribution in [3.63, 3.8) is 0 Å². The normalized spacial score (nSPS) is 15.9. The Hall–Kier alpha value is -2.88. The minimum absolute atomic E-state index is 0.0150. The number of benzene rings is 1. The standard InChI is InChI=1S/C22H20ClFN4O3S/c1-2-10-31-22(29)27-15-7-3-6-14(17(15)24)18-19(16-8-9-25-21(23)26-16)32-20(28-18)13-5-4-11-30-12-13/h2-3,6-9,13H,1,4-5,10-12H2,(H,27,29). The summed E-state index contributed by atoms with van der Waals surface area (Å²) in [6.07, 6.45) is 4.08. The third-order valence-corrected chi connectivity index (χ3v) is 6.26. The molecule has 1 amide bonds. The molecule has 1 saturated heterocycles. The summed E-state index contributed by atoms with van der Waals surface area (Å²) >= 11 is 7.44. The van der Waals surface area contributed by atoms with Gasteiger partial charge in [0.05, 0.1) is 33.6 Å². The highest BCUT2D eigenvalue weighted by atomic mass is 35.5. The topological polar surface area (TPSA) is 86.2 Å². The lowest BCUT2D eigenvalue weighted by Gasteiger charge is -2.19. The van der Waals surface area contributed by atoms with Crippen LogP contribution >= 0.6 is 22.9 Å². The SMILES string of the molecule is C=CCOC(=O)Nc1cccc(-c2nc(C3CCCOC3)sc2-c2ccnc(Cl)n2)c1F. The van der Waals surface area contributed by atoms with E-state index in [1.807, 2.05) is 0 Å². The van der Waals surface area contributed by atoms with Crippen molar-refractivity contribution in [2.24, 2.45) is 0 Å². The maximum atomic E-state index is 15.5. The van der Waals surface area contributed by atoms with Crippen LogP contribution in [0.5, 0.6) is 0 Å². The van der Waals surface area contributed by atoms with Gasteiger partial charge in [0, 0.05) is 24.3 Å². The fourth-order valence-corrected chi connectivity index (χ4v) is 4.67. The quantitative estimate of drug-likeness (QED) is 0.365. The molecule has 3 aromatic rings. The summed E-state index contributed by atoms with van der Waals surface area (Å²) in [6.45, 7) is 4.80. The third kappa shape index (κ3) is 4.95. The summed E-state index contributed by atoms with van der Waals surface area (Å²) in [6, 6.07) is 6.41. The maximum Gasteiger partial charge on any atom is 0.412 e. The summed E-state index contributed by atoms with van der Waals surface area (Å²) < 4.78 is 26.0. The second-order valence-electron chi connectivity index (χ2n) is 7.03. The smallest absolute Gasteiger partial charge is 0.412 e. The van der Waals surface area contributed by atoms with Crippen LogP contribution in [0.2, 0.25) is 5.28 Å². The number of ether oxygens (including phenoxy) is 2. The predicted octanol–water partition coefficient (Wildman–Crippen LogP) is 5.69. The predicted molar refractivity (Wildman–Crippen MR) is 122 cm³/mol. The van der Waals surface area contributed by atoms with E-state index in [-0.39, 0.29) is 29.1 Å². The summed E-state index contributed by atoms with van der Waals surface area (Å²) in [5.74, 6) is -0.502. The molecule has 1 unspecified atom stereocenters. The molecule has 7 nitrogen and oxygen atoms in total. The zero-order valence-corrected chi connectivity index (χ0v) is 18.6. The number of hydrogen-bond acceptors (Lipinski definition) is 7. The number of nitrogens with one attached hydrogen (secondary N) is 1. The molecule has 0 aliphatic carbocycles.